The average molecular weight is 585 g/mol. The van der Waals surface area contributed by atoms with Gasteiger partial charge in [-0.3, -0.25) is 9.59 Å². The molecule has 41 heavy (non-hydrogen) atoms. The van der Waals surface area contributed by atoms with Gasteiger partial charge in [-0.1, -0.05) is 72.6 Å². The van der Waals surface area contributed by atoms with Gasteiger partial charge in [0.25, 0.3) is 0 Å². The summed E-state index contributed by atoms with van der Waals surface area (Å²) < 4.78 is 12.8. The number of ketones is 1. The van der Waals surface area contributed by atoms with E-state index >= 15 is 0 Å². The summed E-state index contributed by atoms with van der Waals surface area (Å²) in [4.78, 5) is 24.7. The number of carbonyl (C=O) groups excluding carboxylic acids is 2. The molecule has 0 radical (unpaired) electrons. The zero-order valence-electron chi connectivity index (χ0n) is 28.0. The van der Waals surface area contributed by atoms with Gasteiger partial charge in [0.1, 0.15) is 6.10 Å². The third-order valence-electron chi connectivity index (χ3n) is 12.8. The molecule has 0 aromatic rings. The van der Waals surface area contributed by atoms with Gasteiger partial charge >= 0.3 is 5.97 Å². The predicted molar refractivity (Wildman–Crippen MR) is 171 cm³/mol. The van der Waals surface area contributed by atoms with Crippen LogP contribution in [0.15, 0.2) is 23.8 Å². The molecule has 0 aliphatic heterocycles. The molecule has 4 nitrogen and oxygen atoms in total. The number of fused-ring (bicyclic) bond motifs is 5. The molecule has 0 saturated heterocycles. The van der Waals surface area contributed by atoms with E-state index in [1.54, 1.807) is 6.92 Å². The first-order valence-corrected chi connectivity index (χ1v) is 19.7. The molecule has 4 aliphatic carbocycles. The monoisotopic (exact) mass is 584 g/mol. The summed E-state index contributed by atoms with van der Waals surface area (Å²) in [5.74, 6) is 3.14. The van der Waals surface area contributed by atoms with Crippen molar-refractivity contribution in [2.24, 2.45) is 46.3 Å². The van der Waals surface area contributed by atoms with Crippen molar-refractivity contribution in [3.63, 3.8) is 0 Å². The minimum atomic E-state index is -1.76. The van der Waals surface area contributed by atoms with Gasteiger partial charge in [-0.15, -0.1) is 0 Å². The fourth-order valence-electron chi connectivity index (χ4n) is 9.34. The zero-order chi connectivity index (χ0) is 30.4. The Labute approximate surface area is 252 Å². The molecule has 0 aromatic carbocycles. The van der Waals surface area contributed by atoms with Crippen LogP contribution in [0.25, 0.3) is 0 Å². The highest BCUT2D eigenvalue weighted by atomic mass is 28.4. The Morgan fingerprint density at radius 3 is 2.46 bits per heavy atom. The van der Waals surface area contributed by atoms with E-state index in [1.807, 2.05) is 6.08 Å². The topological polar surface area (TPSA) is 52.6 Å². The largest absolute Gasteiger partial charge is 0.462 e. The fraction of sp³-hybridized carbons (Fsp3) is 0.833. The van der Waals surface area contributed by atoms with Gasteiger partial charge in [-0.05, 0) is 103 Å². The molecule has 0 aromatic heterocycles. The maximum atomic E-state index is 12.4. The van der Waals surface area contributed by atoms with Gasteiger partial charge < -0.3 is 9.16 Å². The first kappa shape index (κ1) is 32.7. The molecule has 0 amide bonds. The van der Waals surface area contributed by atoms with E-state index in [4.69, 9.17) is 9.16 Å². The Hall–Kier alpha value is -1.20. The Kier molecular flexibility index (Phi) is 9.62. The molecule has 0 heterocycles. The number of allylic oxidation sites excluding steroid dienone is 1. The standard InChI is InChI=1S/C36H60O4Si/c1-11-12-26(23-39-41(9,10)34(4,5)6)14-13-24(2)29-15-16-30-33-31(18-20-36(29,30)8)35(7)19-17-28(38)21-27(35)22-32(33)40-25(3)37/h13-14,21,24,26,29-33H,11-12,15-20,22-23H2,1-10H3/b14-13+/t24-,26-,29-,30?,31?,32-,33?,35+,36-/m1/s1. The SMILES string of the molecule is CCC[C@H](/C=C/[C@@H](C)[C@H]1CCC2C3C(CC[C@@]21C)[C@@]1(C)CCC(=O)C=C1C[C@H]3OC(C)=O)CO[Si](C)(C)C(C)(C)C. The normalized spacial score (nSPS) is 37.2. The van der Waals surface area contributed by atoms with Gasteiger partial charge in [0.15, 0.2) is 14.1 Å². The zero-order valence-corrected chi connectivity index (χ0v) is 29.0. The number of hydrogen-bond donors (Lipinski definition) is 0. The highest BCUT2D eigenvalue weighted by molar-refractivity contribution is 6.74. The van der Waals surface area contributed by atoms with Crippen LogP contribution in [-0.4, -0.2) is 32.8 Å². The molecule has 3 fully saturated rings. The molecule has 3 saturated carbocycles. The maximum absolute atomic E-state index is 12.4. The number of rotatable bonds is 9. The Morgan fingerprint density at radius 2 is 1.83 bits per heavy atom. The smallest absolute Gasteiger partial charge is 0.302 e. The minimum absolute atomic E-state index is 0.0671. The molecule has 5 heteroatoms. The van der Waals surface area contributed by atoms with Crippen molar-refractivity contribution in [3.05, 3.63) is 23.8 Å². The van der Waals surface area contributed by atoms with Gasteiger partial charge in [0, 0.05) is 32.3 Å². The molecule has 9 atom stereocenters. The number of carbonyl (C=O) groups is 2. The van der Waals surface area contributed by atoms with Crippen LogP contribution in [0, 0.1) is 46.3 Å². The van der Waals surface area contributed by atoms with Crippen LogP contribution in [0.4, 0.5) is 0 Å². The minimum Gasteiger partial charge on any atom is -0.462 e. The second-order valence-corrected chi connectivity index (χ2v) is 21.1. The summed E-state index contributed by atoms with van der Waals surface area (Å²) in [6.45, 7) is 23.8. The summed E-state index contributed by atoms with van der Waals surface area (Å²) in [6.07, 6.45) is 16.4. The van der Waals surface area contributed by atoms with Crippen LogP contribution in [0.2, 0.25) is 18.1 Å². The van der Waals surface area contributed by atoms with E-state index in [0.717, 1.165) is 19.4 Å². The van der Waals surface area contributed by atoms with Crippen molar-refractivity contribution in [2.75, 3.05) is 6.61 Å². The lowest BCUT2D eigenvalue weighted by atomic mass is 9.45. The van der Waals surface area contributed by atoms with Gasteiger partial charge in [-0.25, -0.2) is 0 Å². The summed E-state index contributed by atoms with van der Waals surface area (Å²) in [7, 11) is -1.76. The van der Waals surface area contributed by atoms with Crippen molar-refractivity contribution < 1.29 is 18.8 Å². The number of ether oxygens (including phenoxy) is 1. The van der Waals surface area contributed by atoms with Crippen molar-refractivity contribution >= 4 is 20.1 Å². The van der Waals surface area contributed by atoms with E-state index in [-0.39, 0.29) is 33.7 Å². The molecule has 0 N–H and O–H groups in total. The van der Waals surface area contributed by atoms with Crippen molar-refractivity contribution in [1.82, 2.24) is 0 Å². The predicted octanol–water partition coefficient (Wildman–Crippen LogP) is 9.31. The average Bonchev–Trinajstić information content (AvgIpc) is 3.22. The first-order valence-electron chi connectivity index (χ1n) is 16.8. The van der Waals surface area contributed by atoms with Crippen LogP contribution >= 0.6 is 0 Å². The third-order valence-corrected chi connectivity index (χ3v) is 17.3. The molecule has 4 rings (SSSR count). The van der Waals surface area contributed by atoms with Crippen molar-refractivity contribution in [1.29, 1.82) is 0 Å². The maximum Gasteiger partial charge on any atom is 0.302 e. The molecule has 0 bridgehead atoms. The molecule has 232 valence electrons. The Morgan fingerprint density at radius 1 is 1.12 bits per heavy atom. The number of hydrogen-bond acceptors (Lipinski definition) is 4. The van der Waals surface area contributed by atoms with E-state index < -0.39 is 8.32 Å². The van der Waals surface area contributed by atoms with Crippen LogP contribution in [0.3, 0.4) is 0 Å². The van der Waals surface area contributed by atoms with Gasteiger partial charge in [0.2, 0.25) is 0 Å². The fourth-order valence-corrected chi connectivity index (χ4v) is 10.4. The lowest BCUT2D eigenvalue weighted by molar-refractivity contribution is -0.166. The molecular weight excluding hydrogens is 524 g/mol. The molecule has 0 spiro atoms. The van der Waals surface area contributed by atoms with Crippen LogP contribution < -0.4 is 0 Å². The van der Waals surface area contributed by atoms with Crippen LogP contribution in [0.5, 0.6) is 0 Å². The lowest BCUT2D eigenvalue weighted by Crippen LogP contribution is -2.56. The van der Waals surface area contributed by atoms with Crippen LogP contribution in [0.1, 0.15) is 113 Å². The lowest BCUT2D eigenvalue weighted by Gasteiger charge is -2.60. The summed E-state index contributed by atoms with van der Waals surface area (Å²) in [5.41, 5.74) is 1.57. The van der Waals surface area contributed by atoms with Crippen LogP contribution in [-0.2, 0) is 18.8 Å². The van der Waals surface area contributed by atoms with E-state index in [0.29, 0.717) is 41.9 Å². The molecule has 3 unspecified atom stereocenters. The van der Waals surface area contributed by atoms with E-state index in [9.17, 15) is 9.59 Å². The quantitative estimate of drug-likeness (QED) is 0.154. The van der Waals surface area contributed by atoms with Crippen molar-refractivity contribution in [2.45, 2.75) is 137 Å². The second-order valence-electron chi connectivity index (χ2n) is 16.3. The Bertz CT molecular complexity index is 1040. The molecular formula is C36H60O4Si. The molecule has 4 aliphatic rings. The summed E-state index contributed by atoms with van der Waals surface area (Å²) in [6, 6.07) is 0. The second kappa shape index (κ2) is 12.1. The number of esters is 1. The highest BCUT2D eigenvalue weighted by Crippen LogP contribution is 2.68. The Balaban J connectivity index is 1.53. The first-order chi connectivity index (χ1) is 19.0. The highest BCUT2D eigenvalue weighted by Gasteiger charge is 2.62. The van der Waals surface area contributed by atoms with Gasteiger partial charge in [-0.2, -0.15) is 0 Å². The summed E-state index contributed by atoms with van der Waals surface area (Å²) >= 11 is 0. The third kappa shape index (κ3) is 6.37. The van der Waals surface area contributed by atoms with Gasteiger partial charge in [0.05, 0.1) is 0 Å². The van der Waals surface area contributed by atoms with E-state index in [1.165, 1.54) is 44.1 Å². The van der Waals surface area contributed by atoms with Crippen molar-refractivity contribution in [3.8, 4) is 0 Å². The summed E-state index contributed by atoms with van der Waals surface area (Å²) in [5, 5.41) is 0.233. The van der Waals surface area contributed by atoms with E-state index in [2.05, 4.69) is 73.7 Å².